The molecule has 1 aromatic rings. The number of halogens is 3. The van der Waals surface area contributed by atoms with Crippen LogP contribution in [0.3, 0.4) is 0 Å². The molecule has 1 heterocycles. The predicted octanol–water partition coefficient (Wildman–Crippen LogP) is 2.85. The molecule has 0 aromatic carbocycles. The van der Waals surface area contributed by atoms with Crippen molar-refractivity contribution in [3.8, 4) is 0 Å². The smallest absolute Gasteiger partial charge is 0.314 e. The SMILES string of the molecule is CCNC(CCC(F)(F)F)Cc1cc(CC)nn1C. The van der Waals surface area contributed by atoms with Crippen molar-refractivity contribution < 1.29 is 13.2 Å². The van der Waals surface area contributed by atoms with E-state index in [1.807, 2.05) is 27.0 Å². The lowest BCUT2D eigenvalue weighted by Gasteiger charge is -2.18. The van der Waals surface area contributed by atoms with Crippen LogP contribution in [0.5, 0.6) is 0 Å². The van der Waals surface area contributed by atoms with Gasteiger partial charge >= 0.3 is 6.18 Å². The molecule has 1 rings (SSSR count). The van der Waals surface area contributed by atoms with Crippen molar-refractivity contribution in [3.63, 3.8) is 0 Å². The average molecular weight is 277 g/mol. The largest absolute Gasteiger partial charge is 0.389 e. The van der Waals surface area contributed by atoms with E-state index in [0.717, 1.165) is 17.8 Å². The molecular weight excluding hydrogens is 255 g/mol. The summed E-state index contributed by atoms with van der Waals surface area (Å²) in [5.41, 5.74) is 1.95. The van der Waals surface area contributed by atoms with Gasteiger partial charge in [0.1, 0.15) is 0 Å². The third-order valence-corrected chi connectivity index (χ3v) is 3.11. The second-order valence-electron chi connectivity index (χ2n) is 4.72. The van der Waals surface area contributed by atoms with Gasteiger partial charge in [0.25, 0.3) is 0 Å². The lowest BCUT2D eigenvalue weighted by Crippen LogP contribution is -2.33. The topological polar surface area (TPSA) is 29.9 Å². The van der Waals surface area contributed by atoms with E-state index >= 15 is 0 Å². The summed E-state index contributed by atoms with van der Waals surface area (Å²) < 4.78 is 38.6. The van der Waals surface area contributed by atoms with E-state index < -0.39 is 12.6 Å². The Hall–Kier alpha value is -1.04. The number of hydrogen-bond acceptors (Lipinski definition) is 2. The fraction of sp³-hybridized carbons (Fsp3) is 0.769. The van der Waals surface area contributed by atoms with Crippen LogP contribution < -0.4 is 5.32 Å². The molecule has 1 unspecified atom stereocenters. The van der Waals surface area contributed by atoms with E-state index in [1.54, 1.807) is 4.68 Å². The molecule has 0 aliphatic rings. The van der Waals surface area contributed by atoms with Crippen molar-refractivity contribution >= 4 is 0 Å². The van der Waals surface area contributed by atoms with Crippen LogP contribution in [0.2, 0.25) is 0 Å². The molecule has 0 aliphatic carbocycles. The Morgan fingerprint density at radius 1 is 1.37 bits per heavy atom. The zero-order chi connectivity index (χ0) is 14.5. The minimum Gasteiger partial charge on any atom is -0.314 e. The van der Waals surface area contributed by atoms with Crippen LogP contribution in [-0.2, 0) is 19.9 Å². The maximum absolute atomic E-state index is 12.3. The van der Waals surface area contributed by atoms with Crippen LogP contribution in [0.15, 0.2) is 6.07 Å². The third-order valence-electron chi connectivity index (χ3n) is 3.11. The number of nitrogens with one attached hydrogen (secondary N) is 1. The first-order valence-electron chi connectivity index (χ1n) is 6.67. The van der Waals surface area contributed by atoms with Gasteiger partial charge in [-0.05, 0) is 25.5 Å². The first-order chi connectivity index (χ1) is 8.85. The summed E-state index contributed by atoms with van der Waals surface area (Å²) in [6, 6.07) is 1.81. The van der Waals surface area contributed by atoms with Crippen LogP contribution in [0.4, 0.5) is 13.2 Å². The quantitative estimate of drug-likeness (QED) is 0.830. The van der Waals surface area contributed by atoms with E-state index in [2.05, 4.69) is 10.4 Å². The molecule has 1 atom stereocenters. The first kappa shape index (κ1) is 16.0. The zero-order valence-electron chi connectivity index (χ0n) is 11.7. The molecule has 110 valence electrons. The summed E-state index contributed by atoms with van der Waals surface area (Å²) in [6.45, 7) is 4.58. The molecule has 0 fully saturated rings. The molecule has 0 saturated heterocycles. The fourth-order valence-corrected chi connectivity index (χ4v) is 2.09. The van der Waals surface area contributed by atoms with Gasteiger partial charge in [0.15, 0.2) is 0 Å². The third kappa shape index (κ3) is 5.63. The van der Waals surface area contributed by atoms with Crippen molar-refractivity contribution in [2.45, 2.75) is 51.7 Å². The number of aromatic nitrogens is 2. The Morgan fingerprint density at radius 3 is 2.53 bits per heavy atom. The summed E-state index contributed by atoms with van der Waals surface area (Å²) in [6.07, 6.45) is -3.32. The summed E-state index contributed by atoms with van der Waals surface area (Å²) >= 11 is 0. The van der Waals surface area contributed by atoms with Crippen LogP contribution in [-0.4, -0.2) is 28.5 Å². The van der Waals surface area contributed by atoms with Crippen molar-refractivity contribution in [2.24, 2.45) is 7.05 Å². The molecule has 0 saturated carbocycles. The van der Waals surface area contributed by atoms with Gasteiger partial charge in [-0.2, -0.15) is 18.3 Å². The van der Waals surface area contributed by atoms with Gasteiger partial charge < -0.3 is 5.32 Å². The van der Waals surface area contributed by atoms with Gasteiger partial charge in [-0.1, -0.05) is 13.8 Å². The summed E-state index contributed by atoms with van der Waals surface area (Å²) in [4.78, 5) is 0. The Bertz CT molecular complexity index is 385. The Kier molecular flexibility index (Phi) is 5.85. The van der Waals surface area contributed by atoms with Gasteiger partial charge in [0.05, 0.1) is 5.69 Å². The van der Waals surface area contributed by atoms with E-state index in [0.29, 0.717) is 13.0 Å². The highest BCUT2D eigenvalue weighted by Crippen LogP contribution is 2.23. The number of alkyl halides is 3. The fourth-order valence-electron chi connectivity index (χ4n) is 2.09. The number of aryl methyl sites for hydroxylation is 2. The monoisotopic (exact) mass is 277 g/mol. The van der Waals surface area contributed by atoms with Gasteiger partial charge in [-0.25, -0.2) is 0 Å². The molecule has 0 bridgehead atoms. The van der Waals surface area contributed by atoms with Gasteiger partial charge in [0.2, 0.25) is 0 Å². The second-order valence-corrected chi connectivity index (χ2v) is 4.72. The van der Waals surface area contributed by atoms with Gasteiger partial charge in [-0.3, -0.25) is 4.68 Å². The lowest BCUT2D eigenvalue weighted by molar-refractivity contribution is -0.136. The maximum Gasteiger partial charge on any atom is 0.389 e. The highest BCUT2D eigenvalue weighted by atomic mass is 19.4. The maximum atomic E-state index is 12.3. The van der Waals surface area contributed by atoms with Gasteiger partial charge in [0, 0.05) is 31.6 Å². The minimum atomic E-state index is -4.09. The van der Waals surface area contributed by atoms with Crippen LogP contribution in [0.25, 0.3) is 0 Å². The van der Waals surface area contributed by atoms with E-state index in [-0.39, 0.29) is 12.5 Å². The van der Waals surface area contributed by atoms with E-state index in [4.69, 9.17) is 0 Å². The Balaban J connectivity index is 2.63. The molecule has 3 nitrogen and oxygen atoms in total. The second kappa shape index (κ2) is 6.93. The Morgan fingerprint density at radius 2 is 2.05 bits per heavy atom. The molecule has 19 heavy (non-hydrogen) atoms. The van der Waals surface area contributed by atoms with Gasteiger partial charge in [-0.15, -0.1) is 0 Å². The number of rotatable bonds is 7. The average Bonchev–Trinajstić information content (AvgIpc) is 2.66. The van der Waals surface area contributed by atoms with E-state index in [1.165, 1.54) is 0 Å². The molecule has 1 N–H and O–H groups in total. The highest BCUT2D eigenvalue weighted by Gasteiger charge is 2.28. The molecule has 0 radical (unpaired) electrons. The Labute approximate surface area is 112 Å². The lowest BCUT2D eigenvalue weighted by atomic mass is 10.0. The number of nitrogens with zero attached hydrogens (tertiary/aromatic N) is 2. The normalized spacial score (nSPS) is 13.8. The zero-order valence-corrected chi connectivity index (χ0v) is 11.7. The summed E-state index contributed by atoms with van der Waals surface area (Å²) in [5.74, 6) is 0. The molecule has 0 aliphatic heterocycles. The summed E-state index contributed by atoms with van der Waals surface area (Å²) in [5, 5.41) is 7.43. The molecule has 6 heteroatoms. The van der Waals surface area contributed by atoms with Crippen molar-refractivity contribution in [2.75, 3.05) is 6.54 Å². The van der Waals surface area contributed by atoms with Crippen LogP contribution in [0.1, 0.15) is 38.1 Å². The standard InChI is InChI=1S/C13H22F3N3/c1-4-10-8-12(19(3)18-10)9-11(17-5-2)6-7-13(14,15)16/h8,11,17H,4-7,9H2,1-3H3. The number of likely N-dealkylation sites (N-methyl/N-ethyl adjacent to an activating group) is 1. The van der Waals surface area contributed by atoms with Crippen molar-refractivity contribution in [3.05, 3.63) is 17.5 Å². The predicted molar refractivity (Wildman–Crippen MR) is 69.0 cm³/mol. The van der Waals surface area contributed by atoms with Crippen LogP contribution >= 0.6 is 0 Å². The molecular formula is C13H22F3N3. The number of hydrogen-bond donors (Lipinski definition) is 1. The first-order valence-corrected chi connectivity index (χ1v) is 6.67. The molecule has 0 amide bonds. The van der Waals surface area contributed by atoms with Crippen molar-refractivity contribution in [1.29, 1.82) is 0 Å². The molecule has 0 spiro atoms. The molecule has 1 aromatic heterocycles. The van der Waals surface area contributed by atoms with E-state index in [9.17, 15) is 13.2 Å². The highest BCUT2D eigenvalue weighted by molar-refractivity contribution is 5.11. The van der Waals surface area contributed by atoms with Crippen molar-refractivity contribution in [1.82, 2.24) is 15.1 Å². The van der Waals surface area contributed by atoms with Crippen LogP contribution in [0, 0.1) is 0 Å². The summed E-state index contributed by atoms with van der Waals surface area (Å²) in [7, 11) is 1.83. The minimum absolute atomic E-state index is 0.101.